The van der Waals surface area contributed by atoms with Gasteiger partial charge >= 0.3 is 0 Å². The van der Waals surface area contributed by atoms with E-state index in [1.165, 1.54) is 64.5 Å². The fraction of sp³-hybridized carbons (Fsp3) is 1.00. The molecule has 2 nitrogen and oxygen atoms in total. The molecule has 0 radical (unpaired) electrons. The van der Waals surface area contributed by atoms with Crippen LogP contribution in [0.4, 0.5) is 0 Å². The van der Waals surface area contributed by atoms with Crippen LogP contribution in [-0.2, 0) is 0 Å². The van der Waals surface area contributed by atoms with Crippen LogP contribution in [-0.4, -0.2) is 37.1 Å². The summed E-state index contributed by atoms with van der Waals surface area (Å²) in [5.74, 6) is 0. The maximum Gasteiger partial charge on any atom is 0.00952 e. The second kappa shape index (κ2) is 5.86. The van der Waals surface area contributed by atoms with E-state index >= 15 is 0 Å². The fourth-order valence-electron chi connectivity index (χ4n) is 3.18. The number of hydrogen-bond donors (Lipinski definition) is 1. The van der Waals surface area contributed by atoms with Crippen molar-refractivity contribution < 1.29 is 0 Å². The minimum atomic E-state index is 0.784. The Morgan fingerprint density at radius 1 is 0.867 bits per heavy atom. The Morgan fingerprint density at radius 3 is 2.00 bits per heavy atom. The minimum absolute atomic E-state index is 0.784. The highest BCUT2D eigenvalue weighted by Crippen LogP contribution is 2.24. The summed E-state index contributed by atoms with van der Waals surface area (Å²) < 4.78 is 0. The molecule has 1 heterocycles. The summed E-state index contributed by atoms with van der Waals surface area (Å²) in [5, 5.41) is 3.41. The van der Waals surface area contributed by atoms with Crippen LogP contribution < -0.4 is 5.32 Å². The third kappa shape index (κ3) is 3.18. The van der Waals surface area contributed by atoms with E-state index < -0.39 is 0 Å². The van der Waals surface area contributed by atoms with Gasteiger partial charge in [0.15, 0.2) is 0 Å². The molecule has 0 amide bonds. The monoisotopic (exact) mass is 210 g/mol. The molecule has 0 spiro atoms. The zero-order valence-corrected chi connectivity index (χ0v) is 10.2. The van der Waals surface area contributed by atoms with Gasteiger partial charge in [-0.1, -0.05) is 25.7 Å². The lowest BCUT2D eigenvalue weighted by Gasteiger charge is -2.37. The molecule has 0 atom stereocenters. The summed E-state index contributed by atoms with van der Waals surface area (Å²) in [6.45, 7) is 2.66. The largest absolute Gasteiger partial charge is 0.317 e. The van der Waals surface area contributed by atoms with Crippen LogP contribution in [0.3, 0.4) is 0 Å². The third-order valence-electron chi connectivity index (χ3n) is 4.28. The second-order valence-electron chi connectivity index (χ2n) is 5.24. The van der Waals surface area contributed by atoms with Gasteiger partial charge in [-0.3, -0.25) is 0 Å². The number of likely N-dealkylation sites (tertiary alicyclic amines) is 1. The first-order valence-electron chi connectivity index (χ1n) is 6.81. The average molecular weight is 210 g/mol. The fourth-order valence-corrected chi connectivity index (χ4v) is 3.18. The maximum absolute atomic E-state index is 3.41. The van der Waals surface area contributed by atoms with Gasteiger partial charge in [0.1, 0.15) is 0 Å². The topological polar surface area (TPSA) is 15.3 Å². The standard InChI is InChI=1S/C13H26N2/c1-14-12-8-10-15(11-9-12)13-6-4-2-3-5-7-13/h12-14H,2-11H2,1H3. The number of nitrogens with zero attached hydrogens (tertiary/aromatic N) is 1. The summed E-state index contributed by atoms with van der Waals surface area (Å²) in [7, 11) is 2.10. The third-order valence-corrected chi connectivity index (χ3v) is 4.28. The molecule has 2 rings (SSSR count). The van der Waals surface area contributed by atoms with Gasteiger partial charge in [0, 0.05) is 12.1 Å². The quantitative estimate of drug-likeness (QED) is 0.704. The number of nitrogens with one attached hydrogen (secondary N) is 1. The summed E-state index contributed by atoms with van der Waals surface area (Å²) in [4.78, 5) is 2.76. The Balaban J connectivity index is 1.78. The summed E-state index contributed by atoms with van der Waals surface area (Å²) >= 11 is 0. The lowest BCUT2D eigenvalue weighted by Crippen LogP contribution is -2.45. The molecule has 0 aromatic heterocycles. The van der Waals surface area contributed by atoms with Crippen LogP contribution in [0.15, 0.2) is 0 Å². The van der Waals surface area contributed by atoms with E-state index in [2.05, 4.69) is 17.3 Å². The Morgan fingerprint density at radius 2 is 1.47 bits per heavy atom. The molecule has 0 aromatic carbocycles. The molecule has 1 N–H and O–H groups in total. The van der Waals surface area contributed by atoms with Crippen LogP contribution in [0.25, 0.3) is 0 Å². The van der Waals surface area contributed by atoms with E-state index in [9.17, 15) is 0 Å². The molecule has 0 aromatic rings. The molecule has 1 aliphatic carbocycles. The highest BCUT2D eigenvalue weighted by Gasteiger charge is 2.24. The molecule has 0 unspecified atom stereocenters. The molecule has 1 saturated carbocycles. The van der Waals surface area contributed by atoms with Gasteiger partial charge in [-0.05, 0) is 45.8 Å². The number of hydrogen-bond acceptors (Lipinski definition) is 2. The van der Waals surface area contributed by atoms with Crippen molar-refractivity contribution in [1.82, 2.24) is 10.2 Å². The predicted octanol–water partition coefficient (Wildman–Crippen LogP) is 2.39. The number of piperidine rings is 1. The predicted molar refractivity (Wildman–Crippen MR) is 65.1 cm³/mol. The molecular formula is C13H26N2. The lowest BCUT2D eigenvalue weighted by atomic mass is 10.00. The summed E-state index contributed by atoms with van der Waals surface area (Å²) in [5.41, 5.74) is 0. The van der Waals surface area contributed by atoms with E-state index in [1.807, 2.05) is 0 Å². The van der Waals surface area contributed by atoms with Gasteiger partial charge in [-0.15, -0.1) is 0 Å². The first kappa shape index (κ1) is 11.4. The van der Waals surface area contributed by atoms with E-state index in [0.717, 1.165) is 12.1 Å². The van der Waals surface area contributed by atoms with Crippen molar-refractivity contribution in [3.05, 3.63) is 0 Å². The van der Waals surface area contributed by atoms with Crippen molar-refractivity contribution in [1.29, 1.82) is 0 Å². The van der Waals surface area contributed by atoms with Crippen LogP contribution in [0.1, 0.15) is 51.4 Å². The van der Waals surface area contributed by atoms with E-state index in [-0.39, 0.29) is 0 Å². The number of rotatable bonds is 2. The van der Waals surface area contributed by atoms with Gasteiger partial charge in [0.2, 0.25) is 0 Å². The molecule has 1 aliphatic heterocycles. The van der Waals surface area contributed by atoms with Crippen LogP contribution in [0.2, 0.25) is 0 Å². The molecule has 1 saturated heterocycles. The van der Waals surface area contributed by atoms with Gasteiger partial charge in [-0.25, -0.2) is 0 Å². The van der Waals surface area contributed by atoms with E-state index in [1.54, 1.807) is 0 Å². The van der Waals surface area contributed by atoms with Gasteiger partial charge in [0.25, 0.3) is 0 Å². The average Bonchev–Trinajstić information content (AvgIpc) is 2.58. The first-order chi connectivity index (χ1) is 7.40. The minimum Gasteiger partial charge on any atom is -0.317 e. The van der Waals surface area contributed by atoms with Crippen molar-refractivity contribution in [2.24, 2.45) is 0 Å². The van der Waals surface area contributed by atoms with Crippen LogP contribution in [0, 0.1) is 0 Å². The molecule has 2 aliphatic rings. The summed E-state index contributed by atoms with van der Waals surface area (Å²) in [6.07, 6.45) is 11.5. The molecular weight excluding hydrogens is 184 g/mol. The van der Waals surface area contributed by atoms with Gasteiger partial charge < -0.3 is 10.2 Å². The van der Waals surface area contributed by atoms with Crippen molar-refractivity contribution in [3.8, 4) is 0 Å². The zero-order valence-electron chi connectivity index (χ0n) is 10.2. The molecule has 88 valence electrons. The van der Waals surface area contributed by atoms with Crippen molar-refractivity contribution in [2.45, 2.75) is 63.5 Å². The first-order valence-corrected chi connectivity index (χ1v) is 6.81. The molecule has 2 heteroatoms. The Hall–Kier alpha value is -0.0800. The van der Waals surface area contributed by atoms with E-state index in [4.69, 9.17) is 0 Å². The lowest BCUT2D eigenvalue weighted by molar-refractivity contribution is 0.133. The smallest absolute Gasteiger partial charge is 0.00952 e. The Bertz CT molecular complexity index is 165. The van der Waals surface area contributed by atoms with E-state index in [0.29, 0.717) is 0 Å². The summed E-state index contributed by atoms with van der Waals surface area (Å²) in [6, 6.07) is 1.71. The highest BCUT2D eigenvalue weighted by molar-refractivity contribution is 4.81. The Labute approximate surface area is 94.4 Å². The normalized spacial score (nSPS) is 27.8. The van der Waals surface area contributed by atoms with Gasteiger partial charge in [0.05, 0.1) is 0 Å². The van der Waals surface area contributed by atoms with Crippen molar-refractivity contribution in [3.63, 3.8) is 0 Å². The highest BCUT2D eigenvalue weighted by atomic mass is 15.2. The maximum atomic E-state index is 3.41. The second-order valence-corrected chi connectivity index (χ2v) is 5.24. The Kier molecular flexibility index (Phi) is 4.45. The van der Waals surface area contributed by atoms with Crippen LogP contribution in [0.5, 0.6) is 0 Å². The molecule has 2 fully saturated rings. The zero-order chi connectivity index (χ0) is 10.5. The van der Waals surface area contributed by atoms with Crippen molar-refractivity contribution >= 4 is 0 Å². The molecule has 15 heavy (non-hydrogen) atoms. The van der Waals surface area contributed by atoms with Gasteiger partial charge in [-0.2, -0.15) is 0 Å². The van der Waals surface area contributed by atoms with Crippen LogP contribution >= 0.6 is 0 Å². The SMILES string of the molecule is CNC1CCN(C2CCCCCC2)CC1. The molecule has 0 bridgehead atoms. The van der Waals surface area contributed by atoms with Crippen molar-refractivity contribution in [2.75, 3.05) is 20.1 Å².